The number of benzene rings is 1. The van der Waals surface area contributed by atoms with E-state index < -0.39 is 21.9 Å². The van der Waals surface area contributed by atoms with Gasteiger partial charge in [-0.15, -0.1) is 0 Å². The van der Waals surface area contributed by atoms with Gasteiger partial charge in [0.1, 0.15) is 0 Å². The first-order valence-corrected chi connectivity index (χ1v) is 11.9. The van der Waals surface area contributed by atoms with Crippen LogP contribution in [-0.2, 0) is 19.4 Å². The van der Waals surface area contributed by atoms with Crippen LogP contribution in [0.3, 0.4) is 0 Å². The van der Waals surface area contributed by atoms with Crippen LogP contribution >= 0.6 is 0 Å². The Labute approximate surface area is 177 Å². The lowest BCUT2D eigenvalue weighted by molar-refractivity contribution is -0.141. The number of aromatic nitrogens is 1. The molecule has 1 aliphatic rings. The summed E-state index contributed by atoms with van der Waals surface area (Å²) in [5.41, 5.74) is 2.96. The summed E-state index contributed by atoms with van der Waals surface area (Å²) in [6.07, 6.45) is -0.582. The van der Waals surface area contributed by atoms with E-state index >= 15 is 0 Å². The van der Waals surface area contributed by atoms with Crippen LogP contribution in [0.15, 0.2) is 36.4 Å². The number of ether oxygens (including phenoxy) is 1. The quantitative estimate of drug-likeness (QED) is 0.655. The molecule has 2 atom stereocenters. The Balaban J connectivity index is 1.75. The van der Waals surface area contributed by atoms with Gasteiger partial charge in [0.05, 0.1) is 17.1 Å². The number of aryl methyl sites for hydroxylation is 1. The summed E-state index contributed by atoms with van der Waals surface area (Å²) in [6, 6.07) is 11.1. The second-order valence-electron chi connectivity index (χ2n) is 7.68. The number of carbonyl (C=O) groups is 2. The molecule has 0 unspecified atom stereocenters. The Kier molecular flexibility index (Phi) is 6.36. The number of esters is 1. The van der Waals surface area contributed by atoms with Gasteiger partial charge in [-0.1, -0.05) is 18.2 Å². The van der Waals surface area contributed by atoms with Gasteiger partial charge in [-0.05, 0) is 52.3 Å². The molecule has 1 aromatic heterocycles. The maximum Gasteiger partial charge on any atom is 0.340 e. The zero-order valence-corrected chi connectivity index (χ0v) is 18.6. The molecule has 0 saturated carbocycles. The van der Waals surface area contributed by atoms with E-state index in [1.807, 2.05) is 48.7 Å². The summed E-state index contributed by atoms with van der Waals surface area (Å²) >= 11 is 0. The number of rotatable bonds is 6. The van der Waals surface area contributed by atoms with Gasteiger partial charge in [-0.25, -0.2) is 13.2 Å². The van der Waals surface area contributed by atoms with E-state index in [2.05, 4.69) is 0 Å². The third-order valence-corrected chi connectivity index (χ3v) is 7.32. The smallest absolute Gasteiger partial charge is 0.340 e. The second kappa shape index (κ2) is 8.63. The highest BCUT2D eigenvalue weighted by molar-refractivity contribution is 7.91. The Morgan fingerprint density at radius 2 is 1.90 bits per heavy atom. The maximum absolute atomic E-state index is 12.9. The summed E-state index contributed by atoms with van der Waals surface area (Å²) in [4.78, 5) is 27.2. The summed E-state index contributed by atoms with van der Waals surface area (Å²) in [7, 11) is -3.11. The fraction of sp³-hybridized carbons (Fsp3) is 0.455. The minimum absolute atomic E-state index is 0.0362. The predicted molar refractivity (Wildman–Crippen MR) is 115 cm³/mol. The molecule has 7 nitrogen and oxygen atoms in total. The predicted octanol–water partition coefficient (Wildman–Crippen LogP) is 2.68. The molecular weight excluding hydrogens is 404 g/mol. The average Bonchev–Trinajstić information content (AvgIpc) is 3.21. The zero-order valence-electron chi connectivity index (χ0n) is 17.8. The van der Waals surface area contributed by atoms with E-state index in [0.717, 1.165) is 17.1 Å². The van der Waals surface area contributed by atoms with Crippen LogP contribution in [0.1, 0.15) is 42.0 Å². The van der Waals surface area contributed by atoms with Crippen molar-refractivity contribution in [2.75, 3.05) is 18.1 Å². The van der Waals surface area contributed by atoms with Crippen LogP contribution in [-0.4, -0.2) is 60.0 Å². The molecule has 0 N–H and O–H groups in total. The van der Waals surface area contributed by atoms with Crippen molar-refractivity contribution in [2.24, 2.45) is 0 Å². The summed E-state index contributed by atoms with van der Waals surface area (Å²) in [6.45, 7) is 7.44. The van der Waals surface area contributed by atoms with E-state index in [4.69, 9.17) is 4.74 Å². The Bertz CT molecular complexity index is 1040. The molecule has 1 aromatic carbocycles. The van der Waals surface area contributed by atoms with Crippen LogP contribution in [0, 0.1) is 13.8 Å². The number of hydrogen-bond donors (Lipinski definition) is 0. The first kappa shape index (κ1) is 22.1. The van der Waals surface area contributed by atoms with Crippen molar-refractivity contribution in [3.63, 3.8) is 0 Å². The zero-order chi connectivity index (χ0) is 22.1. The van der Waals surface area contributed by atoms with Crippen molar-refractivity contribution in [1.29, 1.82) is 0 Å². The Hall–Kier alpha value is -2.61. The van der Waals surface area contributed by atoms with Crippen molar-refractivity contribution < 1.29 is 22.7 Å². The molecule has 30 heavy (non-hydrogen) atoms. The van der Waals surface area contributed by atoms with Crippen molar-refractivity contribution in [2.45, 2.75) is 46.3 Å². The first-order valence-electron chi connectivity index (χ1n) is 10.1. The molecule has 1 amide bonds. The van der Waals surface area contributed by atoms with Gasteiger partial charge in [-0.3, -0.25) is 4.79 Å². The maximum atomic E-state index is 12.9. The molecule has 3 rings (SSSR count). The molecule has 0 spiro atoms. The number of sulfone groups is 1. The number of nitrogens with zero attached hydrogens (tertiary/aromatic N) is 2. The molecule has 2 heterocycles. The van der Waals surface area contributed by atoms with Gasteiger partial charge in [0, 0.05) is 29.7 Å². The molecule has 0 aliphatic carbocycles. The van der Waals surface area contributed by atoms with Crippen molar-refractivity contribution >= 4 is 21.7 Å². The van der Waals surface area contributed by atoms with Gasteiger partial charge >= 0.3 is 5.97 Å². The van der Waals surface area contributed by atoms with Gasteiger partial charge in [0.25, 0.3) is 5.91 Å². The topological polar surface area (TPSA) is 85.7 Å². The van der Waals surface area contributed by atoms with Crippen molar-refractivity contribution in [3.8, 4) is 5.69 Å². The van der Waals surface area contributed by atoms with E-state index in [0.29, 0.717) is 18.5 Å². The number of amides is 1. The van der Waals surface area contributed by atoms with Gasteiger partial charge in [0.15, 0.2) is 15.9 Å². The number of para-hydroxylation sites is 1. The Morgan fingerprint density at radius 3 is 2.47 bits per heavy atom. The second-order valence-corrected chi connectivity index (χ2v) is 9.91. The molecule has 1 saturated heterocycles. The molecule has 0 radical (unpaired) electrons. The number of carbonyl (C=O) groups excluding carboxylic acids is 2. The molecule has 1 fully saturated rings. The van der Waals surface area contributed by atoms with Crippen molar-refractivity contribution in [1.82, 2.24) is 9.47 Å². The van der Waals surface area contributed by atoms with Gasteiger partial charge in [-0.2, -0.15) is 0 Å². The lowest BCUT2D eigenvalue weighted by atomic mass is 10.2. The molecule has 1 aliphatic heterocycles. The Morgan fingerprint density at radius 1 is 1.23 bits per heavy atom. The van der Waals surface area contributed by atoms with Crippen LogP contribution in [0.25, 0.3) is 5.69 Å². The standard InChI is InChI=1S/C22H28N2O5S/c1-5-23(19-11-12-30(27,28)14-19)21(25)17(4)29-22(26)20-13-15(2)24(16(20)3)18-9-7-6-8-10-18/h6-10,13,17,19H,5,11-12,14H2,1-4H3/t17-,19-/m1/s1. The van der Waals surface area contributed by atoms with Crippen LogP contribution in [0.5, 0.6) is 0 Å². The fourth-order valence-electron chi connectivity index (χ4n) is 4.07. The van der Waals surface area contributed by atoms with Gasteiger partial charge in [0.2, 0.25) is 0 Å². The van der Waals surface area contributed by atoms with E-state index in [1.54, 1.807) is 13.0 Å². The molecule has 162 valence electrons. The minimum atomic E-state index is -3.11. The average molecular weight is 433 g/mol. The SMILES string of the molecule is CCN(C(=O)[C@@H](C)OC(=O)c1cc(C)n(-c2ccccc2)c1C)[C@@H]1CCS(=O)(=O)C1. The monoisotopic (exact) mass is 432 g/mol. The highest BCUT2D eigenvalue weighted by Gasteiger charge is 2.36. The molecule has 0 bridgehead atoms. The summed E-state index contributed by atoms with van der Waals surface area (Å²) in [5, 5.41) is 0. The normalized spacial score (nSPS) is 18.7. The lowest BCUT2D eigenvalue weighted by Gasteiger charge is -2.29. The number of hydrogen-bond acceptors (Lipinski definition) is 5. The van der Waals surface area contributed by atoms with Crippen LogP contribution < -0.4 is 0 Å². The summed E-state index contributed by atoms with van der Waals surface area (Å²) in [5.74, 6) is -0.891. The van der Waals surface area contributed by atoms with Crippen molar-refractivity contribution in [3.05, 3.63) is 53.3 Å². The number of likely N-dealkylation sites (N-methyl/N-ethyl adjacent to an activating group) is 1. The van der Waals surface area contributed by atoms with E-state index in [-0.39, 0.29) is 23.5 Å². The van der Waals surface area contributed by atoms with E-state index in [1.165, 1.54) is 11.8 Å². The minimum Gasteiger partial charge on any atom is -0.449 e. The molecular formula is C22H28N2O5S. The third-order valence-electron chi connectivity index (χ3n) is 5.57. The fourth-order valence-corrected chi connectivity index (χ4v) is 5.80. The lowest BCUT2D eigenvalue weighted by Crippen LogP contribution is -2.46. The molecule has 8 heteroatoms. The summed E-state index contributed by atoms with van der Waals surface area (Å²) < 4.78 is 31.0. The van der Waals surface area contributed by atoms with Gasteiger partial charge < -0.3 is 14.2 Å². The van der Waals surface area contributed by atoms with E-state index in [9.17, 15) is 18.0 Å². The van der Waals surface area contributed by atoms with Crippen LogP contribution in [0.2, 0.25) is 0 Å². The largest absolute Gasteiger partial charge is 0.449 e. The highest BCUT2D eigenvalue weighted by Crippen LogP contribution is 2.23. The highest BCUT2D eigenvalue weighted by atomic mass is 32.2. The first-order chi connectivity index (χ1) is 14.1. The molecule has 2 aromatic rings. The third kappa shape index (κ3) is 4.43. The van der Waals surface area contributed by atoms with Crippen LogP contribution in [0.4, 0.5) is 0 Å².